The molecule has 0 radical (unpaired) electrons. The topological polar surface area (TPSA) is 50.4 Å². The van der Waals surface area contributed by atoms with Crippen molar-refractivity contribution in [1.29, 1.82) is 0 Å². The van der Waals surface area contributed by atoms with E-state index in [2.05, 4.69) is 4.74 Å². The second kappa shape index (κ2) is 3.62. The molecule has 0 saturated heterocycles. The number of aryl methyl sites for hydroxylation is 1. The molecule has 0 saturated carbocycles. The van der Waals surface area contributed by atoms with Crippen molar-refractivity contribution in [3.05, 3.63) is 28.5 Å². The number of pyridine rings is 1. The average molecular weight is 203 g/mol. The normalized spacial score (nSPS) is 9.77. The zero-order chi connectivity index (χ0) is 10.0. The third kappa shape index (κ3) is 1.89. The minimum Gasteiger partial charge on any atom is -0.465 e. The van der Waals surface area contributed by atoms with Gasteiger partial charge in [0.05, 0.1) is 12.1 Å². The number of esters is 1. The highest BCUT2D eigenvalue weighted by atomic mass is 35.5. The lowest BCUT2D eigenvalue weighted by molar-refractivity contribution is -0.908. The van der Waals surface area contributed by atoms with E-state index >= 15 is 0 Å². The van der Waals surface area contributed by atoms with Gasteiger partial charge in [0.25, 0.3) is 0 Å². The van der Waals surface area contributed by atoms with Crippen LogP contribution in [0.2, 0.25) is 5.02 Å². The summed E-state index contributed by atoms with van der Waals surface area (Å²) in [7, 11) is 1.25. The van der Waals surface area contributed by atoms with E-state index in [1.54, 1.807) is 6.92 Å². The summed E-state index contributed by atoms with van der Waals surface area (Å²) >= 11 is 5.75. The standard InChI is InChI=1S/C8H9ClNO3/c1-5-3-7(9)6(4-10(5)12)8(11)13-2/h3-4,12H,1-2H3/q+1. The number of carbonyl (C=O) groups is 1. The molecule has 5 heteroatoms. The smallest absolute Gasteiger partial charge is 0.345 e. The molecule has 1 heterocycles. The quantitative estimate of drug-likeness (QED) is 0.419. The van der Waals surface area contributed by atoms with E-state index in [1.807, 2.05) is 0 Å². The van der Waals surface area contributed by atoms with Crippen molar-refractivity contribution < 1.29 is 19.5 Å². The van der Waals surface area contributed by atoms with Crippen LogP contribution in [0.15, 0.2) is 12.3 Å². The van der Waals surface area contributed by atoms with Crippen LogP contribution in [0.3, 0.4) is 0 Å². The molecule has 1 aromatic rings. The highest BCUT2D eigenvalue weighted by Crippen LogP contribution is 2.15. The number of ether oxygens (including phenoxy) is 1. The Morgan fingerprint density at radius 2 is 2.31 bits per heavy atom. The van der Waals surface area contributed by atoms with Crippen molar-refractivity contribution in [1.82, 2.24) is 0 Å². The summed E-state index contributed by atoms with van der Waals surface area (Å²) in [4.78, 5) is 11.1. The first kappa shape index (κ1) is 9.80. The largest absolute Gasteiger partial charge is 0.465 e. The lowest BCUT2D eigenvalue weighted by Gasteiger charge is -1.99. The molecule has 0 aliphatic rings. The average Bonchev–Trinajstić information content (AvgIpc) is 2.10. The van der Waals surface area contributed by atoms with E-state index in [-0.39, 0.29) is 10.6 Å². The van der Waals surface area contributed by atoms with Gasteiger partial charge in [0, 0.05) is 17.7 Å². The SMILES string of the molecule is COC(=O)c1c[n+](O)c(C)cc1Cl. The summed E-state index contributed by atoms with van der Waals surface area (Å²) in [6, 6.07) is 1.48. The fraction of sp³-hybridized carbons (Fsp3) is 0.250. The van der Waals surface area contributed by atoms with E-state index in [0.29, 0.717) is 5.69 Å². The Kier molecular flexibility index (Phi) is 2.72. The number of rotatable bonds is 1. The van der Waals surface area contributed by atoms with Gasteiger partial charge >= 0.3 is 5.97 Å². The monoisotopic (exact) mass is 202 g/mol. The Morgan fingerprint density at radius 1 is 1.69 bits per heavy atom. The number of carbonyl (C=O) groups excluding carboxylic acids is 1. The van der Waals surface area contributed by atoms with E-state index in [1.165, 1.54) is 19.4 Å². The Morgan fingerprint density at radius 3 is 2.85 bits per heavy atom. The molecule has 4 nitrogen and oxygen atoms in total. The highest BCUT2D eigenvalue weighted by Gasteiger charge is 2.18. The molecule has 0 atom stereocenters. The minimum atomic E-state index is -0.576. The molecule has 1 aromatic heterocycles. The van der Waals surface area contributed by atoms with Crippen molar-refractivity contribution in [3.8, 4) is 0 Å². The predicted octanol–water partition coefficient (Wildman–Crippen LogP) is 0.960. The molecule has 0 aliphatic heterocycles. The van der Waals surface area contributed by atoms with Crippen LogP contribution in [0.25, 0.3) is 0 Å². The zero-order valence-corrected chi connectivity index (χ0v) is 8.00. The second-order valence-corrected chi connectivity index (χ2v) is 2.92. The Bertz CT molecular complexity index is 351. The molecule has 1 N–H and O–H groups in total. The lowest BCUT2D eigenvalue weighted by atomic mass is 10.2. The van der Waals surface area contributed by atoms with Gasteiger partial charge in [-0.15, -0.1) is 0 Å². The summed E-state index contributed by atoms with van der Waals surface area (Å²) in [5.41, 5.74) is 0.676. The van der Waals surface area contributed by atoms with Crippen LogP contribution in [0.5, 0.6) is 0 Å². The number of nitrogens with zero attached hydrogens (tertiary/aromatic N) is 1. The number of hydrogen-bond donors (Lipinski definition) is 1. The van der Waals surface area contributed by atoms with Crippen molar-refractivity contribution in [3.63, 3.8) is 0 Å². The van der Waals surface area contributed by atoms with Gasteiger partial charge in [-0.25, -0.2) is 4.79 Å². The van der Waals surface area contributed by atoms with Crippen molar-refractivity contribution in [2.24, 2.45) is 0 Å². The fourth-order valence-electron chi connectivity index (χ4n) is 0.873. The van der Waals surface area contributed by atoms with Gasteiger partial charge in [-0.3, -0.25) is 5.21 Å². The van der Waals surface area contributed by atoms with Crippen LogP contribution in [0.4, 0.5) is 0 Å². The van der Waals surface area contributed by atoms with Gasteiger partial charge in [0.2, 0.25) is 11.9 Å². The first-order valence-corrected chi connectivity index (χ1v) is 3.93. The third-order valence-electron chi connectivity index (χ3n) is 1.61. The van der Waals surface area contributed by atoms with Crippen molar-refractivity contribution in [2.75, 3.05) is 7.11 Å². The molecule has 70 valence electrons. The molecular formula is C8H9ClNO3+. The lowest BCUT2D eigenvalue weighted by Crippen LogP contribution is -2.34. The van der Waals surface area contributed by atoms with Crippen LogP contribution in [0.1, 0.15) is 16.1 Å². The summed E-state index contributed by atoms with van der Waals surface area (Å²) in [5.74, 6) is -0.576. The maximum absolute atomic E-state index is 11.1. The minimum absolute atomic E-state index is 0.136. The molecular weight excluding hydrogens is 194 g/mol. The highest BCUT2D eigenvalue weighted by molar-refractivity contribution is 6.33. The molecule has 0 aliphatic carbocycles. The van der Waals surface area contributed by atoms with Gasteiger partial charge in [0.15, 0.2) is 0 Å². The summed E-state index contributed by atoms with van der Waals surface area (Å²) in [6.07, 6.45) is 1.21. The third-order valence-corrected chi connectivity index (χ3v) is 1.92. The van der Waals surface area contributed by atoms with Crippen LogP contribution in [-0.4, -0.2) is 18.3 Å². The molecule has 13 heavy (non-hydrogen) atoms. The Labute approximate surface area is 80.3 Å². The predicted molar refractivity (Wildman–Crippen MR) is 44.9 cm³/mol. The molecule has 0 amide bonds. The fourth-order valence-corrected chi connectivity index (χ4v) is 1.16. The molecule has 0 bridgehead atoms. The van der Waals surface area contributed by atoms with Crippen LogP contribution in [0, 0.1) is 6.92 Å². The maximum Gasteiger partial charge on any atom is 0.345 e. The van der Waals surface area contributed by atoms with Gasteiger partial charge in [-0.1, -0.05) is 11.6 Å². The van der Waals surface area contributed by atoms with Gasteiger partial charge in [0.1, 0.15) is 5.56 Å². The maximum atomic E-state index is 11.1. The molecule has 1 rings (SSSR count). The number of halogens is 1. The number of aromatic nitrogens is 1. The molecule has 0 spiro atoms. The van der Waals surface area contributed by atoms with Crippen LogP contribution >= 0.6 is 11.6 Å². The van der Waals surface area contributed by atoms with E-state index < -0.39 is 5.97 Å². The van der Waals surface area contributed by atoms with E-state index in [4.69, 9.17) is 11.6 Å². The summed E-state index contributed by atoms with van der Waals surface area (Å²) in [6.45, 7) is 1.66. The van der Waals surface area contributed by atoms with Crippen molar-refractivity contribution >= 4 is 17.6 Å². The Hall–Kier alpha value is -1.29. The van der Waals surface area contributed by atoms with Gasteiger partial charge in [-0.05, 0) is 0 Å². The van der Waals surface area contributed by atoms with Crippen LogP contribution < -0.4 is 4.73 Å². The van der Waals surface area contributed by atoms with Crippen LogP contribution in [-0.2, 0) is 4.74 Å². The zero-order valence-electron chi connectivity index (χ0n) is 7.24. The molecule has 0 fully saturated rings. The van der Waals surface area contributed by atoms with Crippen molar-refractivity contribution in [2.45, 2.75) is 6.92 Å². The van der Waals surface area contributed by atoms with Gasteiger partial charge < -0.3 is 4.74 Å². The summed E-state index contributed by atoms with van der Waals surface area (Å²) in [5, 5.41) is 9.48. The molecule has 0 unspecified atom stereocenters. The molecule has 0 aromatic carbocycles. The van der Waals surface area contributed by atoms with E-state index in [0.717, 1.165) is 4.73 Å². The number of methoxy groups -OCH3 is 1. The first-order valence-electron chi connectivity index (χ1n) is 3.55. The van der Waals surface area contributed by atoms with Gasteiger partial charge in [-0.2, -0.15) is 0 Å². The summed E-state index contributed by atoms with van der Waals surface area (Å²) < 4.78 is 5.28. The Balaban J connectivity index is 3.23. The first-order chi connectivity index (χ1) is 6.06. The van der Waals surface area contributed by atoms with E-state index in [9.17, 15) is 10.0 Å². The second-order valence-electron chi connectivity index (χ2n) is 2.51. The number of hydrogen-bond acceptors (Lipinski definition) is 3.